The monoisotopic (exact) mass is 234 g/mol. The van der Waals surface area contributed by atoms with Gasteiger partial charge in [0.1, 0.15) is 16.2 Å². The van der Waals surface area contributed by atoms with Gasteiger partial charge in [-0.3, -0.25) is 9.56 Å². The lowest BCUT2D eigenvalue weighted by molar-refractivity contribution is 0.0702. The minimum absolute atomic E-state index is 0.290. The zero-order chi connectivity index (χ0) is 11.1. The minimum Gasteiger partial charge on any atom is -0.477 e. The second kappa shape index (κ2) is 3.24. The first-order chi connectivity index (χ1) is 7.75. The van der Waals surface area contributed by atoms with Gasteiger partial charge in [0.15, 0.2) is 5.82 Å². The molecule has 1 aliphatic heterocycles. The van der Waals surface area contributed by atoms with E-state index in [9.17, 15) is 4.79 Å². The molecule has 2 aromatic heterocycles. The Kier molecular flexibility index (Phi) is 1.87. The molecule has 2 aromatic rings. The number of aliphatic imine (C=N–C) groups is 1. The molecule has 0 aromatic carbocycles. The van der Waals surface area contributed by atoms with Gasteiger partial charge in [-0.05, 0) is 6.07 Å². The summed E-state index contributed by atoms with van der Waals surface area (Å²) in [7, 11) is 0. The fraction of sp³-hybridized carbons (Fsp3) is 0.111. The lowest BCUT2D eigenvalue weighted by atomic mass is 10.3. The molecule has 80 valence electrons. The van der Waals surface area contributed by atoms with E-state index in [0.717, 1.165) is 10.6 Å². The van der Waals surface area contributed by atoms with Crippen molar-refractivity contribution in [1.29, 1.82) is 0 Å². The van der Waals surface area contributed by atoms with E-state index < -0.39 is 5.97 Å². The smallest absolute Gasteiger partial charge is 0.345 e. The van der Waals surface area contributed by atoms with Gasteiger partial charge >= 0.3 is 5.97 Å². The molecule has 0 radical (unpaired) electrons. The highest BCUT2D eigenvalue weighted by Crippen LogP contribution is 2.27. The Hall–Kier alpha value is -2.02. The van der Waals surface area contributed by atoms with Crippen LogP contribution in [-0.4, -0.2) is 32.1 Å². The molecule has 0 saturated heterocycles. The fourth-order valence-corrected chi connectivity index (χ4v) is 2.51. The number of carboxylic acid groups (broad SMARTS) is 1. The normalized spacial score (nSPS) is 13.0. The zero-order valence-electron chi connectivity index (χ0n) is 7.99. The van der Waals surface area contributed by atoms with Crippen molar-refractivity contribution >= 4 is 23.5 Å². The molecule has 0 spiro atoms. The van der Waals surface area contributed by atoms with E-state index in [4.69, 9.17) is 5.11 Å². The summed E-state index contributed by atoms with van der Waals surface area (Å²) in [4.78, 5) is 15.3. The van der Waals surface area contributed by atoms with Crippen LogP contribution in [0.4, 0.5) is 0 Å². The van der Waals surface area contributed by atoms with Crippen LogP contribution in [-0.2, 0) is 6.54 Å². The summed E-state index contributed by atoms with van der Waals surface area (Å²) in [5.74, 6) is -0.213. The summed E-state index contributed by atoms with van der Waals surface area (Å²) < 4.78 is 1.78. The topological polar surface area (TPSA) is 80.4 Å². The number of aromatic carboxylic acids is 1. The minimum atomic E-state index is -0.930. The van der Waals surface area contributed by atoms with Crippen molar-refractivity contribution in [3.8, 4) is 5.00 Å². The molecule has 0 unspecified atom stereocenters. The summed E-state index contributed by atoms with van der Waals surface area (Å²) >= 11 is 1.20. The highest BCUT2D eigenvalue weighted by molar-refractivity contribution is 7.16. The van der Waals surface area contributed by atoms with Crippen LogP contribution in [0.1, 0.15) is 21.1 Å². The average molecular weight is 234 g/mol. The van der Waals surface area contributed by atoms with Crippen molar-refractivity contribution in [2.75, 3.05) is 0 Å². The Morgan fingerprint density at radius 2 is 2.44 bits per heavy atom. The molecule has 0 saturated carbocycles. The van der Waals surface area contributed by atoms with Crippen molar-refractivity contribution in [2.45, 2.75) is 6.54 Å². The summed E-state index contributed by atoms with van der Waals surface area (Å²) in [5.41, 5.74) is 0.793. The van der Waals surface area contributed by atoms with Gasteiger partial charge in [0, 0.05) is 11.8 Å². The van der Waals surface area contributed by atoms with Gasteiger partial charge in [-0.25, -0.2) is 4.79 Å². The Morgan fingerprint density at radius 3 is 3.25 bits per heavy atom. The van der Waals surface area contributed by atoms with Gasteiger partial charge in [0.25, 0.3) is 0 Å². The molecule has 7 heteroatoms. The molecule has 0 aliphatic carbocycles. The molecule has 3 rings (SSSR count). The summed E-state index contributed by atoms with van der Waals surface area (Å²) in [6, 6.07) is 1.61. The predicted octanol–water partition coefficient (Wildman–Crippen LogP) is 0.960. The van der Waals surface area contributed by atoms with E-state index in [1.54, 1.807) is 23.2 Å². The molecule has 1 N–H and O–H groups in total. The third kappa shape index (κ3) is 1.25. The van der Waals surface area contributed by atoms with E-state index in [-0.39, 0.29) is 4.88 Å². The van der Waals surface area contributed by atoms with Gasteiger partial charge < -0.3 is 5.11 Å². The van der Waals surface area contributed by atoms with Gasteiger partial charge in [-0.1, -0.05) is 0 Å². The number of nitrogens with zero attached hydrogens (tertiary/aromatic N) is 4. The largest absolute Gasteiger partial charge is 0.477 e. The Balaban J connectivity index is 2.25. The molecule has 3 heterocycles. The first-order valence-corrected chi connectivity index (χ1v) is 5.33. The number of aromatic nitrogens is 3. The maximum Gasteiger partial charge on any atom is 0.345 e. The molecule has 16 heavy (non-hydrogen) atoms. The summed E-state index contributed by atoms with van der Waals surface area (Å²) in [6.07, 6.45) is 3.25. The maximum atomic E-state index is 10.9. The van der Waals surface area contributed by atoms with E-state index in [1.807, 2.05) is 0 Å². The highest BCUT2D eigenvalue weighted by Gasteiger charge is 2.18. The quantitative estimate of drug-likeness (QED) is 0.796. The lowest BCUT2D eigenvalue weighted by Crippen LogP contribution is -1.96. The molecule has 0 amide bonds. The SMILES string of the molecule is O=C(O)c1cc2c(s1)-n1cnnc1CN=C2. The predicted molar refractivity (Wildman–Crippen MR) is 57.5 cm³/mol. The van der Waals surface area contributed by atoms with Crippen LogP contribution in [0.2, 0.25) is 0 Å². The summed E-state index contributed by atoms with van der Waals surface area (Å²) in [5, 5.41) is 17.5. The van der Waals surface area contributed by atoms with Crippen molar-refractivity contribution in [2.24, 2.45) is 4.99 Å². The van der Waals surface area contributed by atoms with E-state index in [0.29, 0.717) is 12.4 Å². The molecule has 6 nitrogen and oxygen atoms in total. The van der Waals surface area contributed by atoms with Crippen molar-refractivity contribution in [3.63, 3.8) is 0 Å². The van der Waals surface area contributed by atoms with E-state index in [1.165, 1.54) is 11.3 Å². The summed E-state index contributed by atoms with van der Waals surface area (Å²) in [6.45, 7) is 0.462. The van der Waals surface area contributed by atoms with Crippen LogP contribution < -0.4 is 0 Å². The van der Waals surface area contributed by atoms with Crippen molar-refractivity contribution in [3.05, 3.63) is 28.7 Å². The van der Waals surface area contributed by atoms with Crippen LogP contribution in [0.25, 0.3) is 5.00 Å². The van der Waals surface area contributed by atoms with Gasteiger partial charge in [-0.2, -0.15) is 0 Å². The fourth-order valence-electron chi connectivity index (χ4n) is 1.54. The van der Waals surface area contributed by atoms with E-state index >= 15 is 0 Å². The van der Waals surface area contributed by atoms with Crippen LogP contribution in [0.5, 0.6) is 0 Å². The number of fused-ring (bicyclic) bond motifs is 3. The number of carboxylic acids is 1. The van der Waals surface area contributed by atoms with Crippen LogP contribution in [0.15, 0.2) is 17.4 Å². The number of thiophene rings is 1. The third-order valence-electron chi connectivity index (χ3n) is 2.25. The highest BCUT2D eigenvalue weighted by atomic mass is 32.1. The first kappa shape index (κ1) is 9.22. The Morgan fingerprint density at radius 1 is 1.56 bits per heavy atom. The molecule has 0 fully saturated rings. The molecular weight excluding hydrogens is 228 g/mol. The second-order valence-electron chi connectivity index (χ2n) is 3.26. The Bertz CT molecular complexity index is 598. The van der Waals surface area contributed by atoms with Gasteiger partial charge in [0.2, 0.25) is 0 Å². The van der Waals surface area contributed by atoms with E-state index in [2.05, 4.69) is 15.2 Å². The number of rotatable bonds is 1. The second-order valence-corrected chi connectivity index (χ2v) is 4.29. The first-order valence-electron chi connectivity index (χ1n) is 4.52. The van der Waals surface area contributed by atoms with Crippen molar-refractivity contribution < 1.29 is 9.90 Å². The Labute approximate surface area is 93.9 Å². The molecule has 0 bridgehead atoms. The number of carbonyl (C=O) groups is 1. The molecule has 0 atom stereocenters. The zero-order valence-corrected chi connectivity index (χ0v) is 8.81. The van der Waals surface area contributed by atoms with Crippen LogP contribution in [0.3, 0.4) is 0 Å². The van der Waals surface area contributed by atoms with Crippen LogP contribution >= 0.6 is 11.3 Å². The standard InChI is InChI=1S/C9H6N4O2S/c14-9(15)6-1-5-2-10-3-7-12-11-4-13(7)8(5)16-6/h1-2,4H,3H2,(H,14,15). The molecular formula is C9H6N4O2S. The lowest BCUT2D eigenvalue weighted by Gasteiger charge is -1.99. The maximum absolute atomic E-state index is 10.9. The molecule has 1 aliphatic rings. The average Bonchev–Trinajstić information content (AvgIpc) is 2.82. The van der Waals surface area contributed by atoms with Crippen molar-refractivity contribution in [1.82, 2.24) is 14.8 Å². The van der Waals surface area contributed by atoms with Gasteiger partial charge in [-0.15, -0.1) is 21.5 Å². The number of hydrogen-bond acceptors (Lipinski definition) is 5. The number of hydrogen-bond donors (Lipinski definition) is 1. The van der Waals surface area contributed by atoms with Gasteiger partial charge in [0.05, 0.1) is 6.54 Å². The van der Waals surface area contributed by atoms with Crippen LogP contribution in [0, 0.1) is 0 Å². The third-order valence-corrected chi connectivity index (χ3v) is 3.39.